The van der Waals surface area contributed by atoms with Gasteiger partial charge in [-0.3, -0.25) is 4.79 Å². The normalized spacial score (nSPS) is 14.8. The van der Waals surface area contributed by atoms with Crippen LogP contribution in [0.2, 0.25) is 0 Å². The number of nitrogens with one attached hydrogen (secondary N) is 1. The average Bonchev–Trinajstić information content (AvgIpc) is 3.15. The molecule has 0 radical (unpaired) electrons. The number of hydrogen-bond acceptors (Lipinski definition) is 6. The van der Waals surface area contributed by atoms with Gasteiger partial charge in [-0.15, -0.1) is 10.2 Å². The van der Waals surface area contributed by atoms with E-state index in [1.807, 2.05) is 12.1 Å². The third kappa shape index (κ3) is 5.19. The number of ether oxygens (including phenoxy) is 2. The van der Waals surface area contributed by atoms with Gasteiger partial charge in [0.1, 0.15) is 5.01 Å². The summed E-state index contributed by atoms with van der Waals surface area (Å²) in [6.07, 6.45) is 7.11. The number of halogens is 1. The number of carbonyl (C=O) groups is 1. The first-order valence-electron chi connectivity index (χ1n) is 9.14. The second kappa shape index (κ2) is 9.50. The molecule has 1 heterocycles. The minimum Gasteiger partial charge on any atom is -0.493 e. The summed E-state index contributed by atoms with van der Waals surface area (Å²) < 4.78 is 11.5. The van der Waals surface area contributed by atoms with Crippen LogP contribution >= 0.6 is 27.3 Å². The van der Waals surface area contributed by atoms with Crippen molar-refractivity contribution in [2.75, 3.05) is 19.5 Å². The third-order valence-corrected chi connectivity index (χ3v) is 6.55. The molecule has 6 nitrogen and oxygen atoms in total. The monoisotopic (exact) mass is 453 g/mol. The number of amides is 1. The van der Waals surface area contributed by atoms with Crippen LogP contribution in [0.3, 0.4) is 0 Å². The first-order chi connectivity index (χ1) is 13.1. The van der Waals surface area contributed by atoms with Gasteiger partial charge in [-0.1, -0.05) is 46.5 Å². The summed E-state index contributed by atoms with van der Waals surface area (Å²) in [7, 11) is 3.20. The Morgan fingerprint density at radius 2 is 1.89 bits per heavy atom. The van der Waals surface area contributed by atoms with E-state index in [0.717, 1.165) is 15.0 Å². The Hall–Kier alpha value is -1.67. The van der Waals surface area contributed by atoms with Gasteiger partial charge in [-0.25, -0.2) is 0 Å². The lowest BCUT2D eigenvalue weighted by atomic mass is 9.90. The Bertz CT molecular complexity index is 791. The van der Waals surface area contributed by atoms with Crippen LogP contribution in [-0.4, -0.2) is 30.3 Å². The van der Waals surface area contributed by atoms with E-state index in [-0.39, 0.29) is 5.91 Å². The molecular weight excluding hydrogens is 430 g/mol. The summed E-state index contributed by atoms with van der Waals surface area (Å²) in [4.78, 5) is 12.3. The first kappa shape index (κ1) is 20.1. The second-order valence-corrected chi connectivity index (χ2v) is 8.49. The maximum absolute atomic E-state index is 12.3. The third-order valence-electron chi connectivity index (χ3n) is 4.82. The highest BCUT2D eigenvalue weighted by Gasteiger charge is 2.20. The zero-order valence-corrected chi connectivity index (χ0v) is 18.0. The predicted molar refractivity (Wildman–Crippen MR) is 110 cm³/mol. The lowest BCUT2D eigenvalue weighted by Crippen LogP contribution is -2.12. The van der Waals surface area contributed by atoms with Gasteiger partial charge in [-0.05, 0) is 37.0 Å². The van der Waals surface area contributed by atoms with Crippen LogP contribution in [0.5, 0.6) is 11.5 Å². The molecule has 0 saturated heterocycles. The number of carbonyl (C=O) groups excluding carboxylic acids is 1. The van der Waals surface area contributed by atoms with Crippen LogP contribution in [-0.2, 0) is 11.2 Å². The summed E-state index contributed by atoms with van der Waals surface area (Å²) >= 11 is 5.03. The molecule has 2 aromatic rings. The van der Waals surface area contributed by atoms with Crippen LogP contribution in [0.4, 0.5) is 5.13 Å². The molecule has 0 unspecified atom stereocenters. The van der Waals surface area contributed by atoms with Gasteiger partial charge in [0.25, 0.3) is 0 Å². The van der Waals surface area contributed by atoms with E-state index in [1.165, 1.54) is 43.4 Å². The Kier molecular flexibility index (Phi) is 7.07. The Balaban J connectivity index is 1.56. The largest absolute Gasteiger partial charge is 0.493 e. The highest BCUT2D eigenvalue weighted by molar-refractivity contribution is 9.10. The molecule has 1 N–H and O–H groups in total. The van der Waals surface area contributed by atoms with Crippen molar-refractivity contribution in [3.05, 3.63) is 27.2 Å². The van der Waals surface area contributed by atoms with Crippen molar-refractivity contribution in [2.24, 2.45) is 0 Å². The van der Waals surface area contributed by atoms with E-state index in [1.54, 1.807) is 14.2 Å². The molecule has 0 bridgehead atoms. The molecule has 3 rings (SSSR count). The molecule has 1 saturated carbocycles. The zero-order chi connectivity index (χ0) is 19.2. The lowest BCUT2D eigenvalue weighted by molar-refractivity contribution is -0.116. The highest BCUT2D eigenvalue weighted by atomic mass is 79.9. The summed E-state index contributed by atoms with van der Waals surface area (Å²) in [6, 6.07) is 3.75. The van der Waals surface area contributed by atoms with Crippen molar-refractivity contribution >= 4 is 38.3 Å². The summed E-state index contributed by atoms with van der Waals surface area (Å²) in [6.45, 7) is 0. The maximum Gasteiger partial charge on any atom is 0.226 e. The molecule has 146 valence electrons. The molecule has 1 aromatic carbocycles. The Morgan fingerprint density at radius 1 is 1.19 bits per heavy atom. The zero-order valence-electron chi connectivity index (χ0n) is 15.6. The number of benzene rings is 1. The first-order valence-corrected chi connectivity index (χ1v) is 10.7. The molecule has 27 heavy (non-hydrogen) atoms. The quantitative estimate of drug-likeness (QED) is 0.642. The molecule has 1 aliphatic rings. The number of methoxy groups -OCH3 is 2. The van der Waals surface area contributed by atoms with Gasteiger partial charge in [0.05, 0.1) is 14.2 Å². The van der Waals surface area contributed by atoms with Gasteiger partial charge in [0.15, 0.2) is 11.5 Å². The van der Waals surface area contributed by atoms with Crippen molar-refractivity contribution in [1.29, 1.82) is 0 Å². The van der Waals surface area contributed by atoms with E-state index in [2.05, 4.69) is 31.4 Å². The SMILES string of the molecule is COc1cc(Br)c(CCC(=O)Nc2nnc(C3CCCCC3)s2)cc1OC. The molecule has 1 fully saturated rings. The minimum absolute atomic E-state index is 0.0666. The number of nitrogens with zero attached hydrogens (tertiary/aromatic N) is 2. The van der Waals surface area contributed by atoms with Crippen molar-refractivity contribution in [3.8, 4) is 11.5 Å². The van der Waals surface area contributed by atoms with Crippen LogP contribution in [0, 0.1) is 0 Å². The molecule has 1 aromatic heterocycles. The standard InChI is InChI=1S/C19H24BrN3O3S/c1-25-15-10-13(14(20)11-16(15)26-2)8-9-17(24)21-19-23-22-18(27-19)12-6-4-3-5-7-12/h10-12H,3-9H2,1-2H3,(H,21,23,24). The lowest BCUT2D eigenvalue weighted by Gasteiger charge is -2.18. The van der Waals surface area contributed by atoms with Gasteiger partial charge in [0.2, 0.25) is 11.0 Å². The van der Waals surface area contributed by atoms with E-state index in [4.69, 9.17) is 9.47 Å². The molecule has 0 spiro atoms. The summed E-state index contributed by atoms with van der Waals surface area (Å²) in [5.41, 5.74) is 0.989. The van der Waals surface area contributed by atoms with E-state index in [0.29, 0.717) is 35.4 Å². The fourth-order valence-electron chi connectivity index (χ4n) is 3.32. The van der Waals surface area contributed by atoms with Crippen LogP contribution in [0.25, 0.3) is 0 Å². The predicted octanol–water partition coefficient (Wildman–Crippen LogP) is 4.94. The second-order valence-electron chi connectivity index (χ2n) is 6.63. The fourth-order valence-corrected chi connectivity index (χ4v) is 4.77. The van der Waals surface area contributed by atoms with Crippen molar-refractivity contribution in [3.63, 3.8) is 0 Å². The molecular formula is C19H24BrN3O3S. The van der Waals surface area contributed by atoms with Gasteiger partial charge in [-0.2, -0.15) is 0 Å². The van der Waals surface area contributed by atoms with Gasteiger partial charge < -0.3 is 14.8 Å². The number of aromatic nitrogens is 2. The maximum atomic E-state index is 12.3. The average molecular weight is 454 g/mol. The smallest absolute Gasteiger partial charge is 0.226 e. The van der Waals surface area contributed by atoms with E-state index in [9.17, 15) is 4.79 Å². The van der Waals surface area contributed by atoms with E-state index >= 15 is 0 Å². The molecule has 1 amide bonds. The number of hydrogen-bond donors (Lipinski definition) is 1. The number of rotatable bonds is 7. The van der Waals surface area contributed by atoms with Gasteiger partial charge >= 0.3 is 0 Å². The van der Waals surface area contributed by atoms with Crippen molar-refractivity contribution in [2.45, 2.75) is 50.9 Å². The van der Waals surface area contributed by atoms with Crippen molar-refractivity contribution in [1.82, 2.24) is 10.2 Å². The van der Waals surface area contributed by atoms with E-state index < -0.39 is 0 Å². The fraction of sp³-hybridized carbons (Fsp3) is 0.526. The van der Waals surface area contributed by atoms with Crippen LogP contribution in [0.1, 0.15) is 55.0 Å². The van der Waals surface area contributed by atoms with Crippen LogP contribution in [0.15, 0.2) is 16.6 Å². The molecule has 8 heteroatoms. The highest BCUT2D eigenvalue weighted by Crippen LogP contribution is 2.36. The molecule has 1 aliphatic carbocycles. The topological polar surface area (TPSA) is 73.3 Å². The summed E-state index contributed by atoms with van der Waals surface area (Å²) in [5, 5.41) is 12.9. The number of aryl methyl sites for hydroxylation is 1. The number of anilines is 1. The molecule has 0 aliphatic heterocycles. The summed E-state index contributed by atoms with van der Waals surface area (Å²) in [5.74, 6) is 1.74. The molecule has 0 atom stereocenters. The Morgan fingerprint density at radius 3 is 2.59 bits per heavy atom. The van der Waals surface area contributed by atoms with Crippen molar-refractivity contribution < 1.29 is 14.3 Å². The minimum atomic E-state index is -0.0666. The van der Waals surface area contributed by atoms with Crippen LogP contribution < -0.4 is 14.8 Å². The van der Waals surface area contributed by atoms with Gasteiger partial charge in [0, 0.05) is 16.8 Å². The Labute approximate surface area is 171 Å².